The van der Waals surface area contributed by atoms with Crippen LogP contribution in [-0.4, -0.2) is 53.3 Å². The van der Waals surface area contributed by atoms with Crippen molar-refractivity contribution >= 4 is 11.8 Å². The van der Waals surface area contributed by atoms with Crippen LogP contribution >= 0.6 is 0 Å². The van der Waals surface area contributed by atoms with Gasteiger partial charge in [-0.25, -0.2) is 4.39 Å². The second-order valence-electron chi connectivity index (χ2n) is 6.33. The van der Waals surface area contributed by atoms with Crippen LogP contribution in [0.15, 0.2) is 24.3 Å². The van der Waals surface area contributed by atoms with Crippen molar-refractivity contribution in [3.05, 3.63) is 35.6 Å². The number of benzene rings is 1. The number of likely N-dealkylation sites (tertiary alicyclic amines) is 2. The summed E-state index contributed by atoms with van der Waals surface area (Å²) in [6.07, 6.45) is 3.53. The number of hydrogen-bond donors (Lipinski definition) is 1. The zero-order valence-electron chi connectivity index (χ0n) is 13.1. The monoisotopic (exact) mass is 319 g/mol. The number of rotatable bonds is 3. The molecule has 23 heavy (non-hydrogen) atoms. The van der Waals surface area contributed by atoms with Gasteiger partial charge in [0.1, 0.15) is 5.82 Å². The van der Waals surface area contributed by atoms with Crippen LogP contribution in [0.1, 0.15) is 36.0 Å². The maximum atomic E-state index is 12.9. The number of halogens is 1. The number of nitrogens with zero attached hydrogens (tertiary/aromatic N) is 2. The first-order chi connectivity index (χ1) is 11.1. The van der Waals surface area contributed by atoms with Crippen LogP contribution in [-0.2, 0) is 4.79 Å². The Morgan fingerprint density at radius 3 is 2.30 bits per heavy atom. The van der Waals surface area contributed by atoms with Crippen LogP contribution in [0, 0.1) is 5.82 Å². The largest absolute Gasteiger partial charge is 0.368 e. The Morgan fingerprint density at radius 2 is 1.70 bits per heavy atom. The molecule has 2 N–H and O–H groups in total. The summed E-state index contributed by atoms with van der Waals surface area (Å²) in [5.41, 5.74) is 6.00. The maximum absolute atomic E-state index is 12.9. The summed E-state index contributed by atoms with van der Waals surface area (Å²) in [6.45, 7) is 2.22. The fourth-order valence-corrected chi connectivity index (χ4v) is 3.71. The van der Waals surface area contributed by atoms with Gasteiger partial charge in [-0.1, -0.05) is 0 Å². The molecule has 0 aliphatic carbocycles. The molecule has 0 spiro atoms. The molecule has 5 nitrogen and oxygen atoms in total. The third-order valence-electron chi connectivity index (χ3n) is 4.93. The Hall–Kier alpha value is -1.95. The molecule has 124 valence electrons. The van der Waals surface area contributed by atoms with Gasteiger partial charge in [0.05, 0.1) is 6.04 Å². The molecular formula is C17H22FN3O2. The summed E-state index contributed by atoms with van der Waals surface area (Å²) in [5.74, 6) is -0.643. The Labute approximate surface area is 135 Å². The van der Waals surface area contributed by atoms with Gasteiger partial charge in [-0.15, -0.1) is 0 Å². The van der Waals surface area contributed by atoms with Crippen molar-refractivity contribution in [2.45, 2.75) is 37.8 Å². The lowest BCUT2D eigenvalue weighted by Gasteiger charge is -2.38. The smallest absolute Gasteiger partial charge is 0.253 e. The van der Waals surface area contributed by atoms with Gasteiger partial charge in [-0.05, 0) is 56.5 Å². The van der Waals surface area contributed by atoms with E-state index >= 15 is 0 Å². The van der Waals surface area contributed by atoms with Gasteiger partial charge in [0.15, 0.2) is 0 Å². The van der Waals surface area contributed by atoms with Crippen molar-refractivity contribution in [2.75, 3.05) is 19.6 Å². The van der Waals surface area contributed by atoms with Crippen LogP contribution in [0.4, 0.5) is 4.39 Å². The lowest BCUT2D eigenvalue weighted by Crippen LogP contribution is -2.51. The normalized spacial score (nSPS) is 23.2. The van der Waals surface area contributed by atoms with Gasteiger partial charge in [-0.2, -0.15) is 0 Å². The van der Waals surface area contributed by atoms with E-state index in [1.165, 1.54) is 24.3 Å². The molecule has 1 aromatic rings. The summed E-state index contributed by atoms with van der Waals surface area (Å²) in [5, 5.41) is 0. The molecule has 2 aliphatic heterocycles. The average Bonchev–Trinajstić information content (AvgIpc) is 3.05. The molecule has 0 bridgehead atoms. The summed E-state index contributed by atoms with van der Waals surface area (Å²) in [6, 6.07) is 5.82. The highest BCUT2D eigenvalue weighted by Gasteiger charge is 2.36. The fourth-order valence-electron chi connectivity index (χ4n) is 3.71. The first kappa shape index (κ1) is 15.9. The third-order valence-corrected chi connectivity index (χ3v) is 4.93. The molecule has 2 amide bonds. The molecule has 1 aromatic carbocycles. The zero-order chi connectivity index (χ0) is 16.4. The van der Waals surface area contributed by atoms with E-state index in [1.54, 1.807) is 4.90 Å². The van der Waals surface area contributed by atoms with Gasteiger partial charge in [0.25, 0.3) is 5.91 Å². The molecule has 2 aliphatic rings. The van der Waals surface area contributed by atoms with E-state index in [-0.39, 0.29) is 23.7 Å². The SMILES string of the molecule is NC(=O)C1CCCN1C1CCN(C(=O)c2ccc(F)cc2)CC1. The Morgan fingerprint density at radius 1 is 1.04 bits per heavy atom. The summed E-state index contributed by atoms with van der Waals surface area (Å²) in [4.78, 5) is 28.0. The minimum atomic E-state index is -0.341. The van der Waals surface area contributed by atoms with E-state index in [2.05, 4.69) is 4.90 Å². The number of amides is 2. The topological polar surface area (TPSA) is 66.6 Å². The van der Waals surface area contributed by atoms with E-state index in [9.17, 15) is 14.0 Å². The molecule has 0 radical (unpaired) electrons. The molecule has 2 fully saturated rings. The van der Waals surface area contributed by atoms with Crippen molar-refractivity contribution in [1.82, 2.24) is 9.80 Å². The fraction of sp³-hybridized carbons (Fsp3) is 0.529. The van der Waals surface area contributed by atoms with Crippen LogP contribution in [0.5, 0.6) is 0 Å². The second-order valence-corrected chi connectivity index (χ2v) is 6.33. The predicted octanol–water partition coefficient (Wildman–Crippen LogP) is 1.38. The van der Waals surface area contributed by atoms with E-state index in [0.717, 1.165) is 32.2 Å². The van der Waals surface area contributed by atoms with Crippen LogP contribution < -0.4 is 5.73 Å². The summed E-state index contributed by atoms with van der Waals surface area (Å²) >= 11 is 0. The van der Waals surface area contributed by atoms with Crippen LogP contribution in [0.2, 0.25) is 0 Å². The summed E-state index contributed by atoms with van der Waals surface area (Å²) in [7, 11) is 0. The first-order valence-electron chi connectivity index (χ1n) is 8.16. The van der Waals surface area contributed by atoms with Crippen molar-refractivity contribution in [3.63, 3.8) is 0 Å². The van der Waals surface area contributed by atoms with E-state index in [4.69, 9.17) is 5.73 Å². The molecule has 6 heteroatoms. The van der Waals surface area contributed by atoms with Gasteiger partial charge in [0.2, 0.25) is 5.91 Å². The second kappa shape index (κ2) is 6.66. The molecule has 0 aromatic heterocycles. The number of nitrogens with two attached hydrogens (primary N) is 1. The highest BCUT2D eigenvalue weighted by molar-refractivity contribution is 5.94. The standard InChI is InChI=1S/C17H22FN3O2/c18-13-5-3-12(4-6-13)17(23)20-10-7-14(8-11-20)21-9-1-2-15(21)16(19)22/h3-6,14-15H,1-2,7-11H2,(H2,19,22). The van der Waals surface area contributed by atoms with Gasteiger partial charge in [-0.3, -0.25) is 14.5 Å². The number of piperidine rings is 1. The molecule has 2 heterocycles. The minimum Gasteiger partial charge on any atom is -0.368 e. The Balaban J connectivity index is 1.59. The highest BCUT2D eigenvalue weighted by Crippen LogP contribution is 2.26. The van der Waals surface area contributed by atoms with Crippen molar-refractivity contribution in [3.8, 4) is 0 Å². The Bertz CT molecular complexity index is 582. The van der Waals surface area contributed by atoms with Crippen LogP contribution in [0.3, 0.4) is 0 Å². The average molecular weight is 319 g/mol. The molecule has 1 unspecified atom stereocenters. The van der Waals surface area contributed by atoms with Crippen molar-refractivity contribution in [1.29, 1.82) is 0 Å². The summed E-state index contributed by atoms with van der Waals surface area (Å²) < 4.78 is 12.9. The number of carbonyl (C=O) groups excluding carboxylic acids is 2. The van der Waals surface area contributed by atoms with E-state index < -0.39 is 0 Å². The van der Waals surface area contributed by atoms with Crippen LogP contribution in [0.25, 0.3) is 0 Å². The lowest BCUT2D eigenvalue weighted by molar-refractivity contribution is -0.123. The maximum Gasteiger partial charge on any atom is 0.253 e. The third kappa shape index (κ3) is 3.37. The number of hydrogen-bond acceptors (Lipinski definition) is 3. The minimum absolute atomic E-state index is 0.0590. The number of primary amides is 1. The van der Waals surface area contributed by atoms with Gasteiger partial charge >= 0.3 is 0 Å². The van der Waals surface area contributed by atoms with Crippen molar-refractivity contribution in [2.24, 2.45) is 5.73 Å². The van der Waals surface area contributed by atoms with E-state index in [1.807, 2.05) is 0 Å². The predicted molar refractivity (Wildman–Crippen MR) is 84.2 cm³/mol. The van der Waals surface area contributed by atoms with Gasteiger partial charge < -0.3 is 10.6 Å². The highest BCUT2D eigenvalue weighted by atomic mass is 19.1. The van der Waals surface area contributed by atoms with Gasteiger partial charge in [0, 0.05) is 24.7 Å². The van der Waals surface area contributed by atoms with Crippen molar-refractivity contribution < 1.29 is 14.0 Å². The number of carbonyl (C=O) groups is 2. The first-order valence-corrected chi connectivity index (χ1v) is 8.16. The Kier molecular flexibility index (Phi) is 4.61. The van der Waals surface area contributed by atoms with E-state index in [0.29, 0.717) is 24.7 Å². The zero-order valence-corrected chi connectivity index (χ0v) is 13.1. The molecule has 0 saturated carbocycles. The molecule has 2 saturated heterocycles. The molecular weight excluding hydrogens is 297 g/mol. The molecule has 1 atom stereocenters. The lowest BCUT2D eigenvalue weighted by atomic mass is 10.0. The quantitative estimate of drug-likeness (QED) is 0.915. The molecule has 3 rings (SSSR count).